The Morgan fingerprint density at radius 3 is 2.23 bits per heavy atom. The molecule has 2 aromatic carbocycles. The molecule has 0 bridgehead atoms. The summed E-state index contributed by atoms with van der Waals surface area (Å²) in [6.45, 7) is 3.53. The molecule has 0 N–H and O–H groups in total. The Hall–Kier alpha value is -3.94. The summed E-state index contributed by atoms with van der Waals surface area (Å²) in [5, 5.41) is 10.7. The van der Waals surface area contributed by atoms with Crippen molar-refractivity contribution in [3.05, 3.63) is 87.2 Å². The SMILES string of the molecule is COC(=O)c1ccc(-n2c(C)cc(C(=O)COc3ccc([N+](=O)[O-])cc3)c2C)cc1. The van der Waals surface area contributed by atoms with Crippen LogP contribution in [0, 0.1) is 24.0 Å². The van der Waals surface area contributed by atoms with Gasteiger partial charge in [0.15, 0.2) is 6.61 Å². The van der Waals surface area contributed by atoms with Gasteiger partial charge in [0.2, 0.25) is 5.78 Å². The summed E-state index contributed by atoms with van der Waals surface area (Å²) in [6.07, 6.45) is 0. The van der Waals surface area contributed by atoms with E-state index in [0.717, 1.165) is 17.1 Å². The summed E-state index contributed by atoms with van der Waals surface area (Å²) in [5.74, 6) is -0.248. The van der Waals surface area contributed by atoms with Gasteiger partial charge in [-0.2, -0.15) is 0 Å². The highest BCUT2D eigenvalue weighted by Crippen LogP contribution is 2.23. The quantitative estimate of drug-likeness (QED) is 0.253. The summed E-state index contributed by atoms with van der Waals surface area (Å²) in [5.41, 5.74) is 3.33. The van der Waals surface area contributed by atoms with Gasteiger partial charge >= 0.3 is 5.97 Å². The van der Waals surface area contributed by atoms with Crippen molar-refractivity contribution in [2.75, 3.05) is 13.7 Å². The van der Waals surface area contributed by atoms with Crippen molar-refractivity contribution in [3.63, 3.8) is 0 Å². The zero-order chi connectivity index (χ0) is 21.8. The van der Waals surface area contributed by atoms with Crippen LogP contribution in [0.5, 0.6) is 5.75 Å². The highest BCUT2D eigenvalue weighted by atomic mass is 16.6. The maximum atomic E-state index is 12.7. The summed E-state index contributed by atoms with van der Waals surface area (Å²) >= 11 is 0. The third-order valence-corrected chi connectivity index (χ3v) is 4.70. The minimum absolute atomic E-state index is 0.0459. The first-order valence-electron chi connectivity index (χ1n) is 9.10. The van der Waals surface area contributed by atoms with Crippen LogP contribution in [0.2, 0.25) is 0 Å². The summed E-state index contributed by atoms with van der Waals surface area (Å²) < 4.78 is 12.1. The molecule has 8 heteroatoms. The number of nitro groups is 1. The molecule has 0 saturated carbocycles. The van der Waals surface area contributed by atoms with E-state index < -0.39 is 10.9 Å². The predicted molar refractivity (Wildman–Crippen MR) is 110 cm³/mol. The molecule has 0 amide bonds. The van der Waals surface area contributed by atoms with Gasteiger partial charge < -0.3 is 14.0 Å². The van der Waals surface area contributed by atoms with E-state index in [1.807, 2.05) is 18.4 Å². The zero-order valence-corrected chi connectivity index (χ0v) is 16.7. The van der Waals surface area contributed by atoms with Crippen LogP contribution in [0.4, 0.5) is 5.69 Å². The lowest BCUT2D eigenvalue weighted by Crippen LogP contribution is -2.12. The normalized spacial score (nSPS) is 10.5. The summed E-state index contributed by atoms with van der Waals surface area (Å²) in [7, 11) is 1.33. The molecule has 0 radical (unpaired) electrons. The number of aryl methyl sites for hydroxylation is 1. The molecule has 3 rings (SSSR count). The molecule has 1 aromatic heterocycles. The molecule has 154 valence electrons. The Bertz CT molecular complexity index is 1100. The van der Waals surface area contributed by atoms with Crippen molar-refractivity contribution in [2.45, 2.75) is 13.8 Å². The molecule has 0 spiro atoms. The van der Waals surface area contributed by atoms with Crippen LogP contribution in [-0.2, 0) is 4.74 Å². The van der Waals surface area contributed by atoms with Gasteiger partial charge in [0.05, 0.1) is 17.6 Å². The number of carbonyl (C=O) groups excluding carboxylic acids is 2. The largest absolute Gasteiger partial charge is 0.485 e. The lowest BCUT2D eigenvalue weighted by molar-refractivity contribution is -0.384. The van der Waals surface area contributed by atoms with E-state index in [1.165, 1.54) is 31.4 Å². The second-order valence-electron chi connectivity index (χ2n) is 6.62. The molecule has 3 aromatic rings. The molecule has 1 heterocycles. The van der Waals surface area contributed by atoms with E-state index in [4.69, 9.17) is 9.47 Å². The second-order valence-corrected chi connectivity index (χ2v) is 6.62. The Morgan fingerprint density at radius 1 is 1.03 bits per heavy atom. The molecule has 0 unspecified atom stereocenters. The van der Waals surface area contributed by atoms with E-state index in [9.17, 15) is 19.7 Å². The van der Waals surface area contributed by atoms with Gasteiger partial charge in [-0.15, -0.1) is 0 Å². The molecule has 0 fully saturated rings. The highest BCUT2D eigenvalue weighted by molar-refractivity contribution is 5.98. The van der Waals surface area contributed by atoms with Crippen LogP contribution in [0.25, 0.3) is 5.69 Å². The average Bonchev–Trinajstić information content (AvgIpc) is 3.05. The van der Waals surface area contributed by atoms with Crippen LogP contribution in [0.3, 0.4) is 0 Å². The molecule has 0 aliphatic rings. The number of ether oxygens (including phenoxy) is 2. The van der Waals surface area contributed by atoms with Crippen LogP contribution in [0.15, 0.2) is 54.6 Å². The highest BCUT2D eigenvalue weighted by Gasteiger charge is 2.18. The Balaban J connectivity index is 1.76. The lowest BCUT2D eigenvalue weighted by atomic mass is 10.1. The van der Waals surface area contributed by atoms with Gasteiger partial charge in [-0.05, 0) is 56.3 Å². The van der Waals surface area contributed by atoms with Crippen molar-refractivity contribution in [2.24, 2.45) is 0 Å². The molecular weight excluding hydrogens is 388 g/mol. The molecule has 0 aliphatic carbocycles. The smallest absolute Gasteiger partial charge is 0.337 e. The van der Waals surface area contributed by atoms with Crippen molar-refractivity contribution < 1.29 is 24.0 Å². The number of hydrogen-bond donors (Lipinski definition) is 0. The summed E-state index contributed by atoms with van der Waals surface area (Å²) in [4.78, 5) is 34.5. The predicted octanol–water partition coefficient (Wildman–Crippen LogP) is 4.05. The second kappa shape index (κ2) is 8.60. The zero-order valence-electron chi connectivity index (χ0n) is 16.7. The van der Waals surface area contributed by atoms with Crippen molar-refractivity contribution >= 4 is 17.4 Å². The number of methoxy groups -OCH3 is 1. The Morgan fingerprint density at radius 2 is 1.67 bits per heavy atom. The maximum absolute atomic E-state index is 12.7. The van der Waals surface area contributed by atoms with Crippen LogP contribution >= 0.6 is 0 Å². The minimum Gasteiger partial charge on any atom is -0.485 e. The number of nitrogens with zero attached hydrogens (tertiary/aromatic N) is 2. The number of rotatable bonds is 7. The van der Waals surface area contributed by atoms with Crippen LogP contribution in [0.1, 0.15) is 32.1 Å². The fraction of sp³-hybridized carbons (Fsp3) is 0.182. The number of carbonyl (C=O) groups is 2. The molecular formula is C22H20N2O6. The third kappa shape index (κ3) is 4.22. The average molecular weight is 408 g/mol. The van der Waals surface area contributed by atoms with E-state index in [-0.39, 0.29) is 18.1 Å². The maximum Gasteiger partial charge on any atom is 0.337 e. The molecule has 8 nitrogen and oxygen atoms in total. The van der Waals surface area contributed by atoms with E-state index in [1.54, 1.807) is 30.3 Å². The fourth-order valence-electron chi connectivity index (χ4n) is 3.20. The van der Waals surface area contributed by atoms with Gasteiger partial charge in [0, 0.05) is 34.8 Å². The fourth-order valence-corrected chi connectivity index (χ4v) is 3.20. The standard InChI is InChI=1S/C22H20N2O6/c1-14-12-20(21(25)13-30-19-10-8-18(9-11-19)24(27)28)15(2)23(14)17-6-4-16(5-7-17)22(26)29-3/h4-12H,13H2,1-3H3. The van der Waals surface area contributed by atoms with Gasteiger partial charge in [-0.25, -0.2) is 4.79 Å². The van der Waals surface area contributed by atoms with Crippen molar-refractivity contribution in [3.8, 4) is 11.4 Å². The monoisotopic (exact) mass is 408 g/mol. The van der Waals surface area contributed by atoms with Gasteiger partial charge in [0.25, 0.3) is 5.69 Å². The number of hydrogen-bond acceptors (Lipinski definition) is 6. The first kappa shape index (κ1) is 20.8. The first-order valence-corrected chi connectivity index (χ1v) is 9.10. The molecule has 0 atom stereocenters. The van der Waals surface area contributed by atoms with Gasteiger partial charge in [0.1, 0.15) is 5.75 Å². The lowest BCUT2D eigenvalue weighted by Gasteiger charge is -2.11. The van der Waals surface area contributed by atoms with Crippen molar-refractivity contribution in [1.82, 2.24) is 4.57 Å². The first-order chi connectivity index (χ1) is 14.3. The van der Waals surface area contributed by atoms with Gasteiger partial charge in [-0.1, -0.05) is 0 Å². The van der Waals surface area contributed by atoms with Crippen LogP contribution < -0.4 is 4.74 Å². The number of aromatic nitrogens is 1. The Kier molecular flexibility index (Phi) is 5.96. The van der Waals surface area contributed by atoms with Crippen LogP contribution in [-0.4, -0.2) is 35.0 Å². The number of non-ortho nitro benzene ring substituents is 1. The number of Topliss-reactive ketones (excluding diaryl/α,β-unsaturated/α-hetero) is 1. The molecule has 0 aliphatic heterocycles. The Labute approximate surface area is 172 Å². The minimum atomic E-state index is -0.499. The van der Waals surface area contributed by atoms with Gasteiger partial charge in [-0.3, -0.25) is 14.9 Å². The third-order valence-electron chi connectivity index (χ3n) is 4.70. The topological polar surface area (TPSA) is 101 Å². The van der Waals surface area contributed by atoms with E-state index in [2.05, 4.69) is 0 Å². The van der Waals surface area contributed by atoms with E-state index >= 15 is 0 Å². The van der Waals surface area contributed by atoms with E-state index in [0.29, 0.717) is 16.9 Å². The van der Waals surface area contributed by atoms with Crippen molar-refractivity contribution in [1.29, 1.82) is 0 Å². The number of benzene rings is 2. The number of ketones is 1. The summed E-state index contributed by atoms with van der Waals surface area (Å²) in [6, 6.07) is 14.2. The molecule has 0 saturated heterocycles. The molecule has 30 heavy (non-hydrogen) atoms. The number of esters is 1. The number of nitro benzene ring substituents is 1.